The monoisotopic (exact) mass is 179 g/mol. The number of anilines is 1. The van der Waals surface area contributed by atoms with Gasteiger partial charge in [-0.2, -0.15) is 0 Å². The fourth-order valence-corrected chi connectivity index (χ4v) is 1.23. The first kappa shape index (κ1) is 7.31. The number of nitrogens with two attached hydrogens (primary N) is 1. The number of hydrogen-bond acceptors (Lipinski definition) is 3. The summed E-state index contributed by atoms with van der Waals surface area (Å²) in [5.41, 5.74) is 6.24. The Morgan fingerprint density at radius 2 is 1.92 bits per heavy atom. The molecule has 0 radical (unpaired) electrons. The zero-order chi connectivity index (χ0) is 8.55. The van der Waals surface area contributed by atoms with E-state index >= 15 is 0 Å². The molecule has 2 N–H and O–H groups in total. The Kier molecular flexibility index (Phi) is 1.59. The van der Waals surface area contributed by atoms with Gasteiger partial charge in [-0.1, -0.05) is 29.8 Å². The van der Waals surface area contributed by atoms with Gasteiger partial charge in [0.2, 0.25) is 0 Å². The van der Waals surface area contributed by atoms with Gasteiger partial charge < -0.3 is 5.73 Å². The number of rotatable bonds is 0. The molecule has 1 heterocycles. The summed E-state index contributed by atoms with van der Waals surface area (Å²) >= 11 is 5.90. The molecule has 0 aliphatic heterocycles. The summed E-state index contributed by atoms with van der Waals surface area (Å²) < 4.78 is 0. The van der Waals surface area contributed by atoms with Gasteiger partial charge in [0.05, 0.1) is 10.5 Å². The first-order valence-corrected chi connectivity index (χ1v) is 3.83. The van der Waals surface area contributed by atoms with E-state index in [0.717, 1.165) is 10.9 Å². The highest BCUT2D eigenvalue weighted by molar-refractivity contribution is 6.37. The smallest absolute Gasteiger partial charge is 0.165 e. The molecule has 0 fully saturated rings. The van der Waals surface area contributed by atoms with Crippen LogP contribution in [0.2, 0.25) is 5.02 Å². The number of hydrogen-bond donors (Lipinski definition) is 1. The summed E-state index contributed by atoms with van der Waals surface area (Å²) in [4.78, 5) is 0. The molecule has 1 aromatic heterocycles. The summed E-state index contributed by atoms with van der Waals surface area (Å²) in [7, 11) is 0. The lowest BCUT2D eigenvalue weighted by atomic mass is 10.2. The van der Waals surface area contributed by atoms with E-state index in [1.807, 2.05) is 24.3 Å². The topological polar surface area (TPSA) is 51.8 Å². The fourth-order valence-electron chi connectivity index (χ4n) is 1.04. The first-order valence-electron chi connectivity index (χ1n) is 3.45. The van der Waals surface area contributed by atoms with Crippen LogP contribution in [0.4, 0.5) is 5.82 Å². The number of nitrogens with zero attached hydrogens (tertiary/aromatic N) is 2. The standard InChI is InChI=1S/C8H6ClN3/c9-7-5-3-1-2-4-6(5)11-12-8(7)10/h1-4H,(H2,10,12). The highest BCUT2D eigenvalue weighted by Gasteiger charge is 2.03. The summed E-state index contributed by atoms with van der Waals surface area (Å²) in [5, 5.41) is 8.90. The molecule has 2 aromatic rings. The second-order valence-electron chi connectivity index (χ2n) is 2.42. The third-order valence-corrected chi connectivity index (χ3v) is 2.03. The van der Waals surface area contributed by atoms with E-state index in [2.05, 4.69) is 10.2 Å². The zero-order valence-electron chi connectivity index (χ0n) is 6.16. The van der Waals surface area contributed by atoms with Crippen LogP contribution in [-0.2, 0) is 0 Å². The molecule has 3 nitrogen and oxygen atoms in total. The molecular formula is C8H6ClN3. The molecule has 0 saturated heterocycles. The first-order chi connectivity index (χ1) is 5.79. The van der Waals surface area contributed by atoms with Gasteiger partial charge in [-0.3, -0.25) is 0 Å². The van der Waals surface area contributed by atoms with Gasteiger partial charge in [-0.15, -0.1) is 10.2 Å². The Hall–Kier alpha value is -1.35. The van der Waals surface area contributed by atoms with Crippen molar-refractivity contribution < 1.29 is 0 Å². The predicted molar refractivity (Wildman–Crippen MR) is 49.0 cm³/mol. The number of nitrogen functional groups attached to an aromatic ring is 1. The third-order valence-electron chi connectivity index (χ3n) is 1.63. The summed E-state index contributed by atoms with van der Waals surface area (Å²) in [6.45, 7) is 0. The third kappa shape index (κ3) is 0.987. The molecule has 0 saturated carbocycles. The average Bonchev–Trinajstić information content (AvgIpc) is 2.12. The van der Waals surface area contributed by atoms with E-state index in [1.165, 1.54) is 0 Å². The molecule has 0 aliphatic carbocycles. The maximum absolute atomic E-state index is 5.90. The van der Waals surface area contributed by atoms with Crippen molar-refractivity contribution in [2.24, 2.45) is 0 Å². The Morgan fingerprint density at radius 1 is 1.17 bits per heavy atom. The largest absolute Gasteiger partial charge is 0.381 e. The van der Waals surface area contributed by atoms with E-state index in [4.69, 9.17) is 17.3 Å². The van der Waals surface area contributed by atoms with Crippen molar-refractivity contribution in [3.63, 3.8) is 0 Å². The molecule has 0 spiro atoms. The van der Waals surface area contributed by atoms with Crippen LogP contribution in [0.1, 0.15) is 0 Å². The Bertz CT molecular complexity index is 428. The van der Waals surface area contributed by atoms with Crippen LogP contribution in [0.15, 0.2) is 24.3 Å². The predicted octanol–water partition coefficient (Wildman–Crippen LogP) is 1.87. The van der Waals surface area contributed by atoms with Gasteiger partial charge in [0, 0.05) is 5.39 Å². The lowest BCUT2D eigenvalue weighted by molar-refractivity contribution is 1.09. The van der Waals surface area contributed by atoms with Crippen molar-refractivity contribution in [3.8, 4) is 0 Å². The van der Waals surface area contributed by atoms with E-state index < -0.39 is 0 Å². The van der Waals surface area contributed by atoms with Crippen molar-refractivity contribution in [3.05, 3.63) is 29.3 Å². The Morgan fingerprint density at radius 3 is 2.75 bits per heavy atom. The normalized spacial score (nSPS) is 10.4. The molecule has 1 aromatic carbocycles. The number of fused-ring (bicyclic) bond motifs is 1. The van der Waals surface area contributed by atoms with Crippen LogP contribution in [-0.4, -0.2) is 10.2 Å². The van der Waals surface area contributed by atoms with Crippen molar-refractivity contribution in [1.82, 2.24) is 10.2 Å². The SMILES string of the molecule is Nc1nnc2ccccc2c1Cl. The summed E-state index contributed by atoms with van der Waals surface area (Å²) in [6.07, 6.45) is 0. The van der Waals surface area contributed by atoms with Crippen molar-refractivity contribution >= 4 is 28.3 Å². The molecule has 2 rings (SSSR count). The molecule has 0 amide bonds. The minimum absolute atomic E-state index is 0.273. The van der Waals surface area contributed by atoms with Crippen molar-refractivity contribution in [1.29, 1.82) is 0 Å². The Labute approximate surface area is 74.2 Å². The van der Waals surface area contributed by atoms with Crippen LogP contribution in [0.25, 0.3) is 10.9 Å². The summed E-state index contributed by atoms with van der Waals surface area (Å²) in [5.74, 6) is 0.273. The van der Waals surface area contributed by atoms with E-state index in [1.54, 1.807) is 0 Å². The van der Waals surface area contributed by atoms with Gasteiger partial charge in [-0.25, -0.2) is 0 Å². The van der Waals surface area contributed by atoms with Crippen LogP contribution >= 0.6 is 11.6 Å². The second kappa shape index (κ2) is 2.60. The fraction of sp³-hybridized carbons (Fsp3) is 0. The van der Waals surface area contributed by atoms with Gasteiger partial charge in [0.25, 0.3) is 0 Å². The number of benzene rings is 1. The lowest BCUT2D eigenvalue weighted by Gasteiger charge is -1.99. The van der Waals surface area contributed by atoms with E-state index in [-0.39, 0.29) is 5.82 Å². The summed E-state index contributed by atoms with van der Waals surface area (Å²) in [6, 6.07) is 7.47. The number of halogens is 1. The Balaban J connectivity index is 2.91. The van der Waals surface area contributed by atoms with Crippen LogP contribution < -0.4 is 5.73 Å². The zero-order valence-corrected chi connectivity index (χ0v) is 6.92. The molecule has 0 unspecified atom stereocenters. The van der Waals surface area contributed by atoms with Gasteiger partial charge in [-0.05, 0) is 6.07 Å². The van der Waals surface area contributed by atoms with Gasteiger partial charge >= 0.3 is 0 Å². The molecule has 60 valence electrons. The average molecular weight is 180 g/mol. The quantitative estimate of drug-likeness (QED) is 0.672. The molecular weight excluding hydrogens is 174 g/mol. The van der Waals surface area contributed by atoms with Crippen molar-refractivity contribution in [2.45, 2.75) is 0 Å². The van der Waals surface area contributed by atoms with Crippen LogP contribution in [0.3, 0.4) is 0 Å². The van der Waals surface area contributed by atoms with Crippen LogP contribution in [0, 0.1) is 0 Å². The molecule has 0 aliphatic rings. The number of aromatic nitrogens is 2. The van der Waals surface area contributed by atoms with E-state index in [0.29, 0.717) is 5.02 Å². The lowest BCUT2D eigenvalue weighted by Crippen LogP contribution is -1.94. The molecule has 12 heavy (non-hydrogen) atoms. The second-order valence-corrected chi connectivity index (χ2v) is 2.79. The van der Waals surface area contributed by atoms with Gasteiger partial charge in [0.15, 0.2) is 5.82 Å². The molecule has 0 bridgehead atoms. The highest BCUT2D eigenvalue weighted by atomic mass is 35.5. The highest BCUT2D eigenvalue weighted by Crippen LogP contribution is 2.24. The van der Waals surface area contributed by atoms with Crippen LogP contribution in [0.5, 0.6) is 0 Å². The van der Waals surface area contributed by atoms with Crippen molar-refractivity contribution in [2.75, 3.05) is 5.73 Å². The molecule has 0 atom stereocenters. The van der Waals surface area contributed by atoms with Gasteiger partial charge in [0.1, 0.15) is 0 Å². The molecule has 4 heteroatoms. The van der Waals surface area contributed by atoms with E-state index in [9.17, 15) is 0 Å². The maximum atomic E-state index is 5.90. The maximum Gasteiger partial charge on any atom is 0.165 e. The minimum atomic E-state index is 0.273. The minimum Gasteiger partial charge on any atom is -0.381 e.